The van der Waals surface area contributed by atoms with Crippen molar-refractivity contribution in [2.24, 2.45) is 5.14 Å². The third-order valence-corrected chi connectivity index (χ3v) is 6.68. The van der Waals surface area contributed by atoms with Crippen molar-refractivity contribution >= 4 is 27.4 Å². The summed E-state index contributed by atoms with van der Waals surface area (Å²) in [5.74, 6) is -0.537. The van der Waals surface area contributed by atoms with Gasteiger partial charge >= 0.3 is 0 Å². The molecule has 0 radical (unpaired) electrons. The zero-order valence-electron chi connectivity index (χ0n) is 17.2. The SMILES string of the molecule is NS(=O)(=O)c1ccc(CCN2C(=O)C(c3ccccc3)=C(N3CCCCC3)C2=O)cc1. The number of rotatable bonds is 6. The molecule has 2 amide bonds. The summed E-state index contributed by atoms with van der Waals surface area (Å²) >= 11 is 0. The van der Waals surface area contributed by atoms with Gasteiger partial charge in [0.25, 0.3) is 11.8 Å². The Kier molecular flexibility index (Phi) is 5.93. The van der Waals surface area contributed by atoms with Crippen molar-refractivity contribution in [1.29, 1.82) is 0 Å². The quantitative estimate of drug-likeness (QED) is 0.695. The van der Waals surface area contributed by atoms with Crippen LogP contribution in [0.5, 0.6) is 0 Å². The first kappa shape index (κ1) is 21.3. The maximum atomic E-state index is 13.3. The van der Waals surface area contributed by atoms with Gasteiger partial charge in [0.15, 0.2) is 0 Å². The van der Waals surface area contributed by atoms with Crippen LogP contribution in [0.15, 0.2) is 65.2 Å². The van der Waals surface area contributed by atoms with E-state index < -0.39 is 10.0 Å². The molecule has 0 atom stereocenters. The fourth-order valence-electron chi connectivity index (χ4n) is 4.13. The normalized spacial score (nSPS) is 17.6. The first-order valence-electron chi connectivity index (χ1n) is 10.4. The summed E-state index contributed by atoms with van der Waals surface area (Å²) in [6, 6.07) is 15.5. The van der Waals surface area contributed by atoms with Gasteiger partial charge in [-0.2, -0.15) is 0 Å². The molecule has 2 heterocycles. The number of carbonyl (C=O) groups is 2. The molecular formula is C23H25N3O4S. The monoisotopic (exact) mass is 439 g/mol. The molecule has 0 bridgehead atoms. The van der Waals surface area contributed by atoms with E-state index in [1.807, 2.05) is 35.2 Å². The number of piperidine rings is 1. The molecule has 0 aliphatic carbocycles. The van der Waals surface area contributed by atoms with E-state index >= 15 is 0 Å². The topological polar surface area (TPSA) is 101 Å². The van der Waals surface area contributed by atoms with Crippen molar-refractivity contribution < 1.29 is 18.0 Å². The average Bonchev–Trinajstić information content (AvgIpc) is 3.03. The molecule has 8 heteroatoms. The molecule has 162 valence electrons. The smallest absolute Gasteiger partial charge is 0.277 e. The number of likely N-dealkylation sites (tertiary alicyclic amines) is 1. The summed E-state index contributed by atoms with van der Waals surface area (Å²) in [6.45, 7) is 1.77. The first-order valence-corrected chi connectivity index (χ1v) is 11.9. The summed E-state index contributed by atoms with van der Waals surface area (Å²) in [7, 11) is -3.76. The average molecular weight is 440 g/mol. The standard InChI is InChI=1S/C23H25N3O4S/c24-31(29,30)19-11-9-17(10-12-19)13-16-26-22(27)20(18-7-3-1-4-8-18)21(23(26)28)25-14-5-2-6-15-25/h1,3-4,7-12H,2,5-6,13-16H2,(H2,24,29,30). The molecule has 0 unspecified atom stereocenters. The Morgan fingerprint density at radius 2 is 1.48 bits per heavy atom. The lowest BCUT2D eigenvalue weighted by molar-refractivity contribution is -0.137. The van der Waals surface area contributed by atoms with Crippen molar-refractivity contribution in [3.05, 3.63) is 71.4 Å². The molecule has 0 aromatic heterocycles. The van der Waals surface area contributed by atoms with E-state index in [2.05, 4.69) is 0 Å². The number of primary sulfonamides is 1. The maximum absolute atomic E-state index is 13.3. The molecule has 2 aliphatic rings. The van der Waals surface area contributed by atoms with Crippen LogP contribution in [-0.4, -0.2) is 49.7 Å². The third-order valence-electron chi connectivity index (χ3n) is 5.75. The van der Waals surface area contributed by atoms with Crippen molar-refractivity contribution in [3.63, 3.8) is 0 Å². The largest absolute Gasteiger partial charge is 0.366 e. The molecule has 31 heavy (non-hydrogen) atoms. The predicted molar refractivity (Wildman–Crippen MR) is 117 cm³/mol. The van der Waals surface area contributed by atoms with Gasteiger partial charge in [-0.3, -0.25) is 14.5 Å². The minimum Gasteiger partial charge on any atom is -0.366 e. The summed E-state index contributed by atoms with van der Waals surface area (Å²) in [5, 5.41) is 5.14. The Morgan fingerprint density at radius 1 is 0.839 bits per heavy atom. The second-order valence-corrected chi connectivity index (χ2v) is 9.40. The highest BCUT2D eigenvalue weighted by atomic mass is 32.2. The molecule has 2 aliphatic heterocycles. The lowest BCUT2D eigenvalue weighted by Crippen LogP contribution is -2.38. The fourth-order valence-corrected chi connectivity index (χ4v) is 4.64. The molecule has 2 N–H and O–H groups in total. The molecular weight excluding hydrogens is 414 g/mol. The number of amides is 2. The van der Waals surface area contributed by atoms with E-state index in [-0.39, 0.29) is 23.3 Å². The number of imide groups is 1. The van der Waals surface area contributed by atoms with Gasteiger partial charge in [-0.25, -0.2) is 13.6 Å². The Hall–Kier alpha value is -2.97. The highest BCUT2D eigenvalue weighted by molar-refractivity contribution is 7.89. The minimum absolute atomic E-state index is 0.0324. The highest BCUT2D eigenvalue weighted by Gasteiger charge is 2.41. The van der Waals surface area contributed by atoms with Crippen LogP contribution in [0, 0.1) is 0 Å². The number of sulfonamides is 1. The molecule has 4 rings (SSSR count). The first-order chi connectivity index (χ1) is 14.9. The summed E-state index contributed by atoms with van der Waals surface area (Å²) in [4.78, 5) is 30.0. The van der Waals surface area contributed by atoms with Gasteiger partial charge in [0, 0.05) is 19.6 Å². The number of hydrogen-bond donors (Lipinski definition) is 1. The van der Waals surface area contributed by atoms with Crippen LogP contribution >= 0.6 is 0 Å². The zero-order valence-corrected chi connectivity index (χ0v) is 18.0. The van der Waals surface area contributed by atoms with Crippen molar-refractivity contribution in [3.8, 4) is 0 Å². The maximum Gasteiger partial charge on any atom is 0.277 e. The van der Waals surface area contributed by atoms with Gasteiger partial charge in [0.1, 0.15) is 5.70 Å². The van der Waals surface area contributed by atoms with Crippen molar-refractivity contribution in [1.82, 2.24) is 9.80 Å². The van der Waals surface area contributed by atoms with Gasteiger partial charge in [0.05, 0.1) is 10.5 Å². The van der Waals surface area contributed by atoms with E-state index in [4.69, 9.17) is 5.14 Å². The summed E-state index contributed by atoms with van der Waals surface area (Å²) in [5.41, 5.74) is 2.54. The van der Waals surface area contributed by atoms with Crippen LogP contribution in [-0.2, 0) is 26.0 Å². The lowest BCUT2D eigenvalue weighted by Gasteiger charge is -2.29. The van der Waals surface area contributed by atoms with Crippen molar-refractivity contribution in [2.45, 2.75) is 30.6 Å². The van der Waals surface area contributed by atoms with Crippen LogP contribution < -0.4 is 5.14 Å². The third kappa shape index (κ3) is 4.40. The van der Waals surface area contributed by atoms with Crippen LogP contribution in [0.25, 0.3) is 5.57 Å². The number of carbonyl (C=O) groups excluding carboxylic acids is 2. The van der Waals surface area contributed by atoms with Gasteiger partial charge in [-0.15, -0.1) is 0 Å². The number of nitrogens with zero attached hydrogens (tertiary/aromatic N) is 2. The molecule has 2 aromatic carbocycles. The Bertz CT molecular complexity index is 1120. The van der Waals surface area contributed by atoms with E-state index in [0.717, 1.165) is 43.5 Å². The van der Waals surface area contributed by atoms with E-state index in [9.17, 15) is 18.0 Å². The Labute approximate surface area is 182 Å². The van der Waals surface area contributed by atoms with Crippen LogP contribution in [0.2, 0.25) is 0 Å². The molecule has 0 saturated carbocycles. The molecule has 2 aromatic rings. The van der Waals surface area contributed by atoms with Gasteiger partial charge < -0.3 is 4.90 Å². The Morgan fingerprint density at radius 3 is 2.10 bits per heavy atom. The van der Waals surface area contributed by atoms with Gasteiger partial charge in [0.2, 0.25) is 10.0 Å². The van der Waals surface area contributed by atoms with Crippen LogP contribution in [0.4, 0.5) is 0 Å². The predicted octanol–water partition coefficient (Wildman–Crippen LogP) is 2.14. The van der Waals surface area contributed by atoms with Gasteiger partial charge in [-0.1, -0.05) is 42.5 Å². The minimum atomic E-state index is -3.76. The molecule has 0 spiro atoms. The molecule has 7 nitrogen and oxygen atoms in total. The van der Waals surface area contributed by atoms with E-state index in [1.165, 1.54) is 17.0 Å². The van der Waals surface area contributed by atoms with Crippen LogP contribution in [0.3, 0.4) is 0 Å². The zero-order chi connectivity index (χ0) is 22.0. The number of nitrogens with two attached hydrogens (primary N) is 1. The van der Waals surface area contributed by atoms with Crippen molar-refractivity contribution in [2.75, 3.05) is 19.6 Å². The second kappa shape index (κ2) is 8.64. The van der Waals surface area contributed by atoms with E-state index in [0.29, 0.717) is 17.7 Å². The summed E-state index contributed by atoms with van der Waals surface area (Å²) < 4.78 is 22.8. The molecule has 1 fully saturated rings. The summed E-state index contributed by atoms with van der Waals surface area (Å²) in [6.07, 6.45) is 3.56. The van der Waals surface area contributed by atoms with Crippen LogP contribution in [0.1, 0.15) is 30.4 Å². The lowest BCUT2D eigenvalue weighted by atomic mass is 10.0. The van der Waals surface area contributed by atoms with E-state index in [1.54, 1.807) is 12.1 Å². The fraction of sp³-hybridized carbons (Fsp3) is 0.304. The van der Waals surface area contributed by atoms with Gasteiger partial charge in [-0.05, 0) is 48.9 Å². The Balaban J connectivity index is 1.58. The second-order valence-electron chi connectivity index (χ2n) is 7.84. The molecule has 1 saturated heterocycles. The highest BCUT2D eigenvalue weighted by Crippen LogP contribution is 2.33. The number of benzene rings is 2. The number of hydrogen-bond acceptors (Lipinski definition) is 5.